The highest BCUT2D eigenvalue weighted by Gasteiger charge is 2.22. The van der Waals surface area contributed by atoms with Crippen LogP contribution in [0.4, 0.5) is 0 Å². The SMILES string of the molecule is Cc1cc(-c2noc(C)c2C(=O)O)no1. The van der Waals surface area contributed by atoms with Crippen LogP contribution in [0.25, 0.3) is 11.4 Å². The van der Waals surface area contributed by atoms with Gasteiger partial charge in [0.25, 0.3) is 0 Å². The maximum absolute atomic E-state index is 10.9. The molecule has 1 N–H and O–H groups in total. The molecular weight excluding hydrogens is 200 g/mol. The van der Waals surface area contributed by atoms with Gasteiger partial charge in [-0.3, -0.25) is 0 Å². The summed E-state index contributed by atoms with van der Waals surface area (Å²) in [4.78, 5) is 10.9. The predicted molar refractivity (Wildman–Crippen MR) is 48.4 cm³/mol. The summed E-state index contributed by atoms with van der Waals surface area (Å²) in [6.07, 6.45) is 0. The predicted octanol–water partition coefficient (Wildman–Crippen LogP) is 1.64. The monoisotopic (exact) mass is 208 g/mol. The number of rotatable bonds is 2. The normalized spacial score (nSPS) is 10.5. The minimum absolute atomic E-state index is 0.0169. The van der Waals surface area contributed by atoms with Crippen molar-refractivity contribution in [3.05, 3.63) is 23.2 Å². The van der Waals surface area contributed by atoms with Crippen molar-refractivity contribution in [1.29, 1.82) is 0 Å². The van der Waals surface area contributed by atoms with Gasteiger partial charge in [-0.1, -0.05) is 10.3 Å². The Labute approximate surface area is 84.5 Å². The second-order valence-electron chi connectivity index (χ2n) is 3.09. The number of carboxylic acids is 1. The van der Waals surface area contributed by atoms with E-state index in [2.05, 4.69) is 10.3 Å². The maximum atomic E-state index is 10.9. The van der Waals surface area contributed by atoms with Crippen molar-refractivity contribution in [1.82, 2.24) is 10.3 Å². The van der Waals surface area contributed by atoms with Crippen LogP contribution in [0.15, 0.2) is 15.1 Å². The summed E-state index contributed by atoms with van der Waals surface area (Å²) in [6.45, 7) is 3.25. The molecule has 6 heteroatoms. The Kier molecular flexibility index (Phi) is 2.03. The lowest BCUT2D eigenvalue weighted by atomic mass is 10.1. The number of nitrogens with zero attached hydrogens (tertiary/aromatic N) is 2. The Morgan fingerprint density at radius 3 is 2.60 bits per heavy atom. The molecule has 0 atom stereocenters. The lowest BCUT2D eigenvalue weighted by Crippen LogP contribution is -1.99. The lowest BCUT2D eigenvalue weighted by molar-refractivity contribution is 0.0695. The molecule has 2 aromatic rings. The highest BCUT2D eigenvalue weighted by atomic mass is 16.5. The average molecular weight is 208 g/mol. The van der Waals surface area contributed by atoms with Gasteiger partial charge in [-0.15, -0.1) is 0 Å². The third-order valence-corrected chi connectivity index (χ3v) is 1.95. The van der Waals surface area contributed by atoms with E-state index in [1.807, 2.05) is 0 Å². The Bertz CT molecular complexity index is 512. The molecule has 0 radical (unpaired) electrons. The van der Waals surface area contributed by atoms with Gasteiger partial charge >= 0.3 is 5.97 Å². The molecule has 15 heavy (non-hydrogen) atoms. The van der Waals surface area contributed by atoms with Crippen molar-refractivity contribution in [3.63, 3.8) is 0 Å². The van der Waals surface area contributed by atoms with E-state index in [0.29, 0.717) is 11.5 Å². The molecule has 0 aromatic carbocycles. The summed E-state index contributed by atoms with van der Waals surface area (Å²) >= 11 is 0. The van der Waals surface area contributed by atoms with Gasteiger partial charge in [0.1, 0.15) is 22.8 Å². The lowest BCUT2D eigenvalue weighted by Gasteiger charge is -1.90. The van der Waals surface area contributed by atoms with Crippen LogP contribution in [-0.4, -0.2) is 21.4 Å². The minimum Gasteiger partial charge on any atom is -0.477 e. The van der Waals surface area contributed by atoms with Crippen molar-refractivity contribution in [2.24, 2.45) is 0 Å². The topological polar surface area (TPSA) is 89.4 Å². The van der Waals surface area contributed by atoms with E-state index in [1.165, 1.54) is 6.92 Å². The molecule has 0 bridgehead atoms. The number of carboxylic acid groups (broad SMARTS) is 1. The molecule has 0 aliphatic heterocycles. The second kappa shape index (κ2) is 3.23. The number of aromatic carboxylic acids is 1. The van der Waals surface area contributed by atoms with Gasteiger partial charge < -0.3 is 14.2 Å². The van der Waals surface area contributed by atoms with Gasteiger partial charge in [0.2, 0.25) is 0 Å². The first-order valence-electron chi connectivity index (χ1n) is 4.23. The highest BCUT2D eigenvalue weighted by Crippen LogP contribution is 2.24. The molecule has 0 unspecified atom stereocenters. The Morgan fingerprint density at radius 2 is 2.07 bits per heavy atom. The van der Waals surface area contributed by atoms with Gasteiger partial charge in [-0.25, -0.2) is 4.79 Å². The van der Waals surface area contributed by atoms with Crippen molar-refractivity contribution in [3.8, 4) is 11.4 Å². The number of hydrogen-bond acceptors (Lipinski definition) is 5. The summed E-state index contributed by atoms with van der Waals surface area (Å²) < 4.78 is 9.65. The first-order valence-corrected chi connectivity index (χ1v) is 4.23. The summed E-state index contributed by atoms with van der Waals surface area (Å²) in [6, 6.07) is 1.60. The van der Waals surface area contributed by atoms with Crippen LogP contribution in [0, 0.1) is 13.8 Å². The third kappa shape index (κ3) is 1.50. The van der Waals surface area contributed by atoms with Gasteiger partial charge in [0.05, 0.1) is 0 Å². The summed E-state index contributed by atoms with van der Waals surface area (Å²) in [5.41, 5.74) is 0.571. The molecule has 2 rings (SSSR count). The van der Waals surface area contributed by atoms with E-state index in [4.69, 9.17) is 14.2 Å². The summed E-state index contributed by atoms with van der Waals surface area (Å²) in [7, 11) is 0. The van der Waals surface area contributed by atoms with Crippen LogP contribution < -0.4 is 0 Å². The average Bonchev–Trinajstić information content (AvgIpc) is 2.71. The Hall–Kier alpha value is -2.11. The zero-order valence-electron chi connectivity index (χ0n) is 8.14. The number of aromatic nitrogens is 2. The van der Waals surface area contributed by atoms with Crippen molar-refractivity contribution in [2.45, 2.75) is 13.8 Å². The second-order valence-corrected chi connectivity index (χ2v) is 3.09. The van der Waals surface area contributed by atoms with Crippen LogP contribution >= 0.6 is 0 Å². The molecule has 78 valence electrons. The molecular formula is C9H8N2O4. The smallest absolute Gasteiger partial charge is 0.341 e. The Balaban J connectivity index is 2.58. The van der Waals surface area contributed by atoms with E-state index < -0.39 is 5.97 Å². The number of hydrogen-bond donors (Lipinski definition) is 1. The van der Waals surface area contributed by atoms with E-state index in [0.717, 1.165) is 0 Å². The quantitative estimate of drug-likeness (QED) is 0.806. The zero-order valence-corrected chi connectivity index (χ0v) is 8.14. The molecule has 0 amide bonds. The van der Waals surface area contributed by atoms with Gasteiger partial charge in [-0.05, 0) is 13.8 Å². The number of aryl methyl sites for hydroxylation is 2. The minimum atomic E-state index is -1.09. The van der Waals surface area contributed by atoms with Crippen molar-refractivity contribution in [2.75, 3.05) is 0 Å². The van der Waals surface area contributed by atoms with E-state index in [-0.39, 0.29) is 17.0 Å². The molecule has 0 spiro atoms. The van der Waals surface area contributed by atoms with E-state index >= 15 is 0 Å². The molecule has 0 fully saturated rings. The van der Waals surface area contributed by atoms with Crippen LogP contribution in [0.5, 0.6) is 0 Å². The molecule has 0 saturated carbocycles. The summed E-state index contributed by atoms with van der Waals surface area (Å²) in [5, 5.41) is 16.3. The third-order valence-electron chi connectivity index (χ3n) is 1.95. The first-order chi connectivity index (χ1) is 7.09. The largest absolute Gasteiger partial charge is 0.477 e. The molecule has 0 aliphatic carbocycles. The molecule has 0 saturated heterocycles. The fourth-order valence-electron chi connectivity index (χ4n) is 1.28. The first kappa shape index (κ1) is 9.45. The molecule has 2 heterocycles. The fourth-order valence-corrected chi connectivity index (χ4v) is 1.28. The van der Waals surface area contributed by atoms with Gasteiger partial charge in [0.15, 0.2) is 5.69 Å². The fraction of sp³-hybridized carbons (Fsp3) is 0.222. The van der Waals surface area contributed by atoms with Gasteiger partial charge in [-0.2, -0.15) is 0 Å². The zero-order chi connectivity index (χ0) is 11.0. The van der Waals surface area contributed by atoms with E-state index in [1.54, 1.807) is 13.0 Å². The standard InChI is InChI=1S/C9H8N2O4/c1-4-3-6(10-14-4)8-7(9(12)13)5(2)15-11-8/h3H,1-2H3,(H,12,13). The molecule has 6 nitrogen and oxygen atoms in total. The van der Waals surface area contributed by atoms with E-state index in [9.17, 15) is 4.79 Å². The Morgan fingerprint density at radius 1 is 1.33 bits per heavy atom. The van der Waals surface area contributed by atoms with Crippen molar-refractivity contribution < 1.29 is 18.9 Å². The molecule has 2 aromatic heterocycles. The van der Waals surface area contributed by atoms with Crippen LogP contribution in [-0.2, 0) is 0 Å². The van der Waals surface area contributed by atoms with Crippen LogP contribution in [0.3, 0.4) is 0 Å². The maximum Gasteiger partial charge on any atom is 0.341 e. The van der Waals surface area contributed by atoms with Gasteiger partial charge in [0, 0.05) is 6.07 Å². The highest BCUT2D eigenvalue weighted by molar-refractivity contribution is 5.95. The summed E-state index contributed by atoms with van der Waals surface area (Å²) in [5.74, 6) is -0.260. The van der Waals surface area contributed by atoms with Crippen LogP contribution in [0.2, 0.25) is 0 Å². The number of carbonyl (C=O) groups is 1. The molecule has 0 aliphatic rings. The van der Waals surface area contributed by atoms with Crippen LogP contribution in [0.1, 0.15) is 21.9 Å². The van der Waals surface area contributed by atoms with Crippen molar-refractivity contribution >= 4 is 5.97 Å².